The summed E-state index contributed by atoms with van der Waals surface area (Å²) in [6, 6.07) is 3.81. The van der Waals surface area contributed by atoms with Crippen molar-refractivity contribution in [2.45, 2.75) is 20.3 Å². The molecule has 1 aromatic carbocycles. The molecule has 1 rings (SSSR count). The van der Waals surface area contributed by atoms with E-state index in [1.807, 2.05) is 19.1 Å². The fraction of sp³-hybridized carbons (Fsp3) is 0.500. The maximum atomic E-state index is 12.0. The van der Waals surface area contributed by atoms with Gasteiger partial charge in [0, 0.05) is 12.7 Å². The number of hydrogen-bond donors (Lipinski definition) is 0. The van der Waals surface area contributed by atoms with Gasteiger partial charge in [-0.15, -0.1) is 0 Å². The molecule has 1 aromatic rings. The third-order valence-electron chi connectivity index (χ3n) is 2.59. The van der Waals surface area contributed by atoms with Gasteiger partial charge in [0.1, 0.15) is 12.4 Å². The van der Waals surface area contributed by atoms with Gasteiger partial charge in [-0.25, -0.2) is 0 Å². The molecule has 0 saturated carbocycles. The normalized spacial score (nSPS) is 10.5. The monoisotopic (exact) mass is 346 g/mol. The molecule has 0 fully saturated rings. The molecular weight excluding hydrogens is 328 g/mol. The molecule has 0 aromatic heterocycles. The molecule has 5 heteroatoms. The maximum Gasteiger partial charge on any atom is 0.220 e. The van der Waals surface area contributed by atoms with Crippen LogP contribution in [-0.2, 0) is 11.2 Å². The molecular formula is C14H19BrO3S. The molecule has 0 spiro atoms. The Morgan fingerprint density at radius 3 is 2.63 bits per heavy atom. The Labute approximate surface area is 127 Å². The predicted octanol–water partition coefficient (Wildman–Crippen LogP) is 3.93. The number of carbonyl (C=O) groups is 1. The number of ether oxygens (including phenoxy) is 2. The molecule has 0 aliphatic carbocycles. The molecule has 0 bridgehead atoms. The molecule has 19 heavy (non-hydrogen) atoms. The van der Waals surface area contributed by atoms with Gasteiger partial charge < -0.3 is 9.47 Å². The van der Waals surface area contributed by atoms with Crippen molar-refractivity contribution in [2.75, 3.05) is 26.1 Å². The number of rotatable bonds is 7. The number of methoxy groups -OCH3 is 1. The summed E-state index contributed by atoms with van der Waals surface area (Å²) in [7, 11) is 1.64. The maximum absolute atomic E-state index is 12.0. The lowest BCUT2D eigenvalue weighted by Crippen LogP contribution is -2.08. The number of halogens is 1. The van der Waals surface area contributed by atoms with Gasteiger partial charge in [0.05, 0.1) is 11.1 Å². The van der Waals surface area contributed by atoms with Crippen LogP contribution in [0, 0.1) is 0 Å². The van der Waals surface area contributed by atoms with Crippen molar-refractivity contribution >= 4 is 32.8 Å². The smallest absolute Gasteiger partial charge is 0.220 e. The molecule has 106 valence electrons. The summed E-state index contributed by atoms with van der Waals surface area (Å²) in [4.78, 5) is 12.0. The summed E-state index contributed by atoms with van der Waals surface area (Å²) >= 11 is 4.80. The number of benzene rings is 1. The molecule has 0 N–H and O–H groups in total. The highest BCUT2D eigenvalue weighted by molar-refractivity contribution is 9.10. The lowest BCUT2D eigenvalue weighted by Gasteiger charge is -2.14. The van der Waals surface area contributed by atoms with Crippen LogP contribution >= 0.6 is 27.7 Å². The molecule has 0 heterocycles. The number of thioether (sulfide) groups is 1. The first-order chi connectivity index (χ1) is 9.15. The molecule has 0 aliphatic rings. The Hall–Kier alpha value is -0.520. The molecule has 0 radical (unpaired) electrons. The van der Waals surface area contributed by atoms with Crippen LogP contribution in [0.3, 0.4) is 0 Å². The SMILES string of the molecule is CCSC(=O)c1ccc(CC)c(OCCOC)c1Br. The molecule has 0 unspecified atom stereocenters. The third kappa shape index (κ3) is 4.51. The van der Waals surface area contributed by atoms with Crippen LogP contribution in [0.1, 0.15) is 29.8 Å². The van der Waals surface area contributed by atoms with Crippen molar-refractivity contribution in [1.29, 1.82) is 0 Å². The minimum absolute atomic E-state index is 0.0635. The molecule has 3 nitrogen and oxygen atoms in total. The van der Waals surface area contributed by atoms with E-state index in [-0.39, 0.29) is 5.12 Å². The van der Waals surface area contributed by atoms with Gasteiger partial charge in [-0.1, -0.05) is 31.7 Å². The minimum atomic E-state index is 0.0635. The average molecular weight is 347 g/mol. The van der Waals surface area contributed by atoms with Crippen LogP contribution in [0.25, 0.3) is 0 Å². The van der Waals surface area contributed by atoms with E-state index in [9.17, 15) is 4.79 Å². The zero-order valence-electron chi connectivity index (χ0n) is 11.5. The van der Waals surface area contributed by atoms with Crippen molar-refractivity contribution in [3.8, 4) is 5.75 Å². The first-order valence-electron chi connectivity index (χ1n) is 6.25. The number of hydrogen-bond acceptors (Lipinski definition) is 4. The van der Waals surface area contributed by atoms with E-state index in [0.717, 1.165) is 28.0 Å². The average Bonchev–Trinajstić information content (AvgIpc) is 2.40. The minimum Gasteiger partial charge on any atom is -0.490 e. The fourth-order valence-corrected chi connectivity index (χ4v) is 3.02. The van der Waals surface area contributed by atoms with Gasteiger partial charge in [0.15, 0.2) is 0 Å². The lowest BCUT2D eigenvalue weighted by molar-refractivity contribution is 0.108. The zero-order chi connectivity index (χ0) is 14.3. The Bertz CT molecular complexity index is 435. The zero-order valence-corrected chi connectivity index (χ0v) is 13.9. The van der Waals surface area contributed by atoms with E-state index in [1.165, 1.54) is 11.8 Å². The molecule has 0 amide bonds. The molecule has 0 saturated heterocycles. The Balaban J connectivity index is 3.03. The largest absolute Gasteiger partial charge is 0.490 e. The predicted molar refractivity (Wildman–Crippen MR) is 83.4 cm³/mol. The first kappa shape index (κ1) is 16.5. The fourth-order valence-electron chi connectivity index (χ4n) is 1.62. The van der Waals surface area contributed by atoms with Crippen LogP contribution < -0.4 is 4.74 Å². The second kappa shape index (κ2) is 8.61. The number of aryl methyl sites for hydroxylation is 1. The second-order valence-corrected chi connectivity index (χ2v) is 5.86. The van der Waals surface area contributed by atoms with Gasteiger partial charge >= 0.3 is 0 Å². The summed E-state index contributed by atoms with van der Waals surface area (Å²) in [5.74, 6) is 1.52. The first-order valence-corrected chi connectivity index (χ1v) is 8.03. The van der Waals surface area contributed by atoms with Crippen molar-refractivity contribution in [3.63, 3.8) is 0 Å². The summed E-state index contributed by atoms with van der Waals surface area (Å²) in [5, 5.41) is 0.0635. The highest BCUT2D eigenvalue weighted by atomic mass is 79.9. The van der Waals surface area contributed by atoms with Gasteiger partial charge in [-0.2, -0.15) is 0 Å². The second-order valence-electron chi connectivity index (χ2n) is 3.83. The summed E-state index contributed by atoms with van der Waals surface area (Å²) < 4.78 is 11.5. The number of carbonyl (C=O) groups excluding carboxylic acids is 1. The van der Waals surface area contributed by atoms with E-state index < -0.39 is 0 Å². The Kier molecular flexibility index (Phi) is 7.49. The standard InChI is InChI=1S/C14H19BrO3S/c1-4-10-6-7-11(14(16)19-5-2)12(15)13(10)18-9-8-17-3/h6-7H,4-5,8-9H2,1-3H3. The van der Waals surface area contributed by atoms with Crippen molar-refractivity contribution in [2.24, 2.45) is 0 Å². The molecule has 0 atom stereocenters. The van der Waals surface area contributed by atoms with Crippen LogP contribution in [0.5, 0.6) is 5.75 Å². The Morgan fingerprint density at radius 1 is 1.32 bits per heavy atom. The van der Waals surface area contributed by atoms with Crippen molar-refractivity contribution < 1.29 is 14.3 Å². The van der Waals surface area contributed by atoms with Crippen LogP contribution in [0.4, 0.5) is 0 Å². The van der Waals surface area contributed by atoms with E-state index >= 15 is 0 Å². The third-order valence-corrected chi connectivity index (χ3v) is 4.15. The van der Waals surface area contributed by atoms with Crippen LogP contribution in [0.2, 0.25) is 0 Å². The van der Waals surface area contributed by atoms with Crippen LogP contribution in [-0.4, -0.2) is 31.2 Å². The Morgan fingerprint density at radius 2 is 2.05 bits per heavy atom. The summed E-state index contributed by atoms with van der Waals surface area (Å²) in [6.07, 6.45) is 0.857. The highest BCUT2D eigenvalue weighted by Crippen LogP contribution is 2.34. The molecule has 0 aliphatic heterocycles. The van der Waals surface area contributed by atoms with Crippen LogP contribution in [0.15, 0.2) is 16.6 Å². The van der Waals surface area contributed by atoms with Gasteiger partial charge in [0.25, 0.3) is 0 Å². The van der Waals surface area contributed by atoms with E-state index in [2.05, 4.69) is 22.9 Å². The summed E-state index contributed by atoms with van der Waals surface area (Å²) in [6.45, 7) is 5.03. The van der Waals surface area contributed by atoms with Crippen molar-refractivity contribution in [1.82, 2.24) is 0 Å². The lowest BCUT2D eigenvalue weighted by atomic mass is 10.1. The van der Waals surface area contributed by atoms with E-state index in [1.54, 1.807) is 7.11 Å². The quantitative estimate of drug-likeness (QED) is 0.700. The van der Waals surface area contributed by atoms with Gasteiger partial charge in [0.2, 0.25) is 5.12 Å². The highest BCUT2D eigenvalue weighted by Gasteiger charge is 2.17. The van der Waals surface area contributed by atoms with E-state index in [4.69, 9.17) is 9.47 Å². The summed E-state index contributed by atoms with van der Waals surface area (Å²) in [5.41, 5.74) is 1.75. The van der Waals surface area contributed by atoms with Gasteiger partial charge in [-0.05, 0) is 39.7 Å². The van der Waals surface area contributed by atoms with Gasteiger partial charge in [-0.3, -0.25) is 4.79 Å². The topological polar surface area (TPSA) is 35.5 Å². The van der Waals surface area contributed by atoms with Crippen molar-refractivity contribution in [3.05, 3.63) is 27.7 Å². The van der Waals surface area contributed by atoms with E-state index in [0.29, 0.717) is 18.8 Å².